The Kier molecular flexibility index (Phi) is 2.93. The normalized spacial score (nSPS) is 10.4. The lowest BCUT2D eigenvalue weighted by Crippen LogP contribution is -2.15. The summed E-state index contributed by atoms with van der Waals surface area (Å²) in [5.41, 5.74) is 5.62. The lowest BCUT2D eigenvalue weighted by Gasteiger charge is -2.10. The first kappa shape index (κ1) is 11.1. The van der Waals surface area contributed by atoms with Gasteiger partial charge in [0, 0.05) is 14.1 Å². The van der Waals surface area contributed by atoms with Gasteiger partial charge in [0.05, 0.1) is 9.21 Å². The molecule has 2 aromatic rings. The summed E-state index contributed by atoms with van der Waals surface area (Å²) in [5, 5.41) is 0. The summed E-state index contributed by atoms with van der Waals surface area (Å²) in [6.45, 7) is 0. The predicted octanol–water partition coefficient (Wildman–Crippen LogP) is 1.90. The highest BCUT2D eigenvalue weighted by Gasteiger charge is 2.09. The van der Waals surface area contributed by atoms with Crippen LogP contribution in [0.4, 0.5) is 11.9 Å². The van der Waals surface area contributed by atoms with Crippen LogP contribution in [0.5, 0.6) is 0 Å². The van der Waals surface area contributed by atoms with Gasteiger partial charge in [-0.25, -0.2) is 0 Å². The van der Waals surface area contributed by atoms with E-state index in [0.29, 0.717) is 16.1 Å². The molecule has 0 saturated carbocycles. The first-order chi connectivity index (χ1) is 7.56. The molecule has 0 radical (unpaired) electrons. The van der Waals surface area contributed by atoms with Gasteiger partial charge in [0.25, 0.3) is 0 Å². The Balaban J connectivity index is 2.49. The van der Waals surface area contributed by atoms with Gasteiger partial charge in [0.1, 0.15) is 0 Å². The molecular formula is C9H10ClN5S. The number of rotatable bonds is 2. The molecule has 0 aliphatic carbocycles. The molecule has 0 amide bonds. The average molecular weight is 256 g/mol. The Morgan fingerprint density at radius 3 is 2.56 bits per heavy atom. The number of nitrogens with zero attached hydrogens (tertiary/aromatic N) is 4. The Hall–Kier alpha value is -1.40. The number of anilines is 2. The molecule has 2 N–H and O–H groups in total. The zero-order valence-electron chi connectivity index (χ0n) is 8.81. The fourth-order valence-corrected chi connectivity index (χ4v) is 2.10. The van der Waals surface area contributed by atoms with E-state index < -0.39 is 0 Å². The van der Waals surface area contributed by atoms with E-state index in [4.69, 9.17) is 17.3 Å². The van der Waals surface area contributed by atoms with Crippen molar-refractivity contribution in [1.82, 2.24) is 15.0 Å². The lowest BCUT2D eigenvalue weighted by molar-refractivity contribution is 0.972. The van der Waals surface area contributed by atoms with Gasteiger partial charge in [0.15, 0.2) is 5.82 Å². The molecule has 0 atom stereocenters. The highest BCUT2D eigenvalue weighted by atomic mass is 35.5. The molecule has 5 nitrogen and oxygen atoms in total. The van der Waals surface area contributed by atoms with Crippen LogP contribution >= 0.6 is 22.9 Å². The number of halogens is 1. The first-order valence-corrected chi connectivity index (χ1v) is 5.70. The van der Waals surface area contributed by atoms with Crippen LogP contribution in [0.3, 0.4) is 0 Å². The lowest BCUT2D eigenvalue weighted by atomic mass is 10.4. The number of thiophene rings is 1. The molecule has 0 saturated heterocycles. The molecule has 16 heavy (non-hydrogen) atoms. The number of hydrogen-bond donors (Lipinski definition) is 1. The fraction of sp³-hybridized carbons (Fsp3) is 0.222. The molecule has 84 valence electrons. The van der Waals surface area contributed by atoms with Crippen molar-refractivity contribution in [1.29, 1.82) is 0 Å². The summed E-state index contributed by atoms with van der Waals surface area (Å²) in [7, 11) is 3.69. The zero-order chi connectivity index (χ0) is 11.7. The molecule has 2 rings (SSSR count). The molecule has 2 heterocycles. The van der Waals surface area contributed by atoms with E-state index in [1.54, 1.807) is 11.0 Å². The number of hydrogen-bond acceptors (Lipinski definition) is 6. The van der Waals surface area contributed by atoms with E-state index in [0.717, 1.165) is 4.88 Å². The second kappa shape index (κ2) is 4.23. The van der Waals surface area contributed by atoms with Gasteiger partial charge >= 0.3 is 0 Å². The van der Waals surface area contributed by atoms with E-state index >= 15 is 0 Å². The van der Waals surface area contributed by atoms with Crippen LogP contribution in [0.25, 0.3) is 10.7 Å². The molecule has 0 spiro atoms. The molecule has 7 heteroatoms. The van der Waals surface area contributed by atoms with Crippen molar-refractivity contribution >= 4 is 34.8 Å². The van der Waals surface area contributed by atoms with E-state index in [9.17, 15) is 0 Å². The van der Waals surface area contributed by atoms with E-state index in [2.05, 4.69) is 15.0 Å². The van der Waals surface area contributed by atoms with Crippen molar-refractivity contribution in [2.24, 2.45) is 0 Å². The van der Waals surface area contributed by atoms with Gasteiger partial charge in [-0.3, -0.25) is 0 Å². The maximum absolute atomic E-state index is 5.86. The van der Waals surface area contributed by atoms with Crippen LogP contribution in [-0.4, -0.2) is 29.0 Å². The third-order valence-corrected chi connectivity index (χ3v) is 3.06. The monoisotopic (exact) mass is 255 g/mol. The quantitative estimate of drug-likeness (QED) is 0.888. The van der Waals surface area contributed by atoms with Crippen molar-refractivity contribution in [2.75, 3.05) is 24.7 Å². The van der Waals surface area contributed by atoms with Crippen LogP contribution in [0.15, 0.2) is 12.1 Å². The minimum absolute atomic E-state index is 0.207. The van der Waals surface area contributed by atoms with E-state index in [-0.39, 0.29) is 5.95 Å². The SMILES string of the molecule is CN(C)c1nc(N)nc(-c2ccc(Cl)s2)n1. The maximum Gasteiger partial charge on any atom is 0.230 e. The molecule has 2 aromatic heterocycles. The first-order valence-electron chi connectivity index (χ1n) is 4.51. The summed E-state index contributed by atoms with van der Waals surface area (Å²) in [5.74, 6) is 1.29. The zero-order valence-corrected chi connectivity index (χ0v) is 10.4. The Bertz CT molecular complexity index is 510. The van der Waals surface area contributed by atoms with Gasteiger partial charge in [0.2, 0.25) is 11.9 Å². The van der Waals surface area contributed by atoms with Crippen molar-refractivity contribution in [2.45, 2.75) is 0 Å². The van der Waals surface area contributed by atoms with Crippen LogP contribution < -0.4 is 10.6 Å². The number of nitrogens with two attached hydrogens (primary N) is 1. The van der Waals surface area contributed by atoms with Gasteiger partial charge in [-0.1, -0.05) is 11.6 Å². The largest absolute Gasteiger partial charge is 0.368 e. The third-order valence-electron chi connectivity index (χ3n) is 1.83. The Labute approximate surface area is 102 Å². The molecule has 0 aromatic carbocycles. The Morgan fingerprint density at radius 2 is 2.00 bits per heavy atom. The van der Waals surface area contributed by atoms with Crippen molar-refractivity contribution < 1.29 is 0 Å². The Morgan fingerprint density at radius 1 is 1.25 bits per heavy atom. The summed E-state index contributed by atoms with van der Waals surface area (Å²) in [6, 6.07) is 3.66. The topological polar surface area (TPSA) is 67.9 Å². The van der Waals surface area contributed by atoms with Gasteiger partial charge in [-0.2, -0.15) is 15.0 Å². The standard InChI is InChI=1S/C9H10ClN5S/c1-15(2)9-13-7(12-8(11)14-9)5-3-4-6(10)16-5/h3-4H,1-2H3,(H2,11,12,13,14). The van der Waals surface area contributed by atoms with Crippen molar-refractivity contribution in [3.05, 3.63) is 16.5 Å². The smallest absolute Gasteiger partial charge is 0.230 e. The van der Waals surface area contributed by atoms with Crippen molar-refractivity contribution in [3.63, 3.8) is 0 Å². The summed E-state index contributed by atoms with van der Waals surface area (Å²) in [6.07, 6.45) is 0. The van der Waals surface area contributed by atoms with Gasteiger partial charge in [-0.05, 0) is 12.1 Å². The maximum atomic E-state index is 5.86. The van der Waals surface area contributed by atoms with Crippen molar-refractivity contribution in [3.8, 4) is 10.7 Å². The summed E-state index contributed by atoms with van der Waals surface area (Å²) in [4.78, 5) is 15.0. The molecule has 0 aliphatic rings. The second-order valence-electron chi connectivity index (χ2n) is 3.32. The van der Waals surface area contributed by atoms with E-state index in [1.165, 1.54) is 11.3 Å². The average Bonchev–Trinajstić information content (AvgIpc) is 2.64. The minimum atomic E-state index is 0.207. The van der Waals surface area contributed by atoms with Crippen LogP contribution in [-0.2, 0) is 0 Å². The summed E-state index contributed by atoms with van der Waals surface area (Å²) >= 11 is 7.27. The number of aromatic nitrogens is 3. The minimum Gasteiger partial charge on any atom is -0.368 e. The highest BCUT2D eigenvalue weighted by molar-refractivity contribution is 7.19. The van der Waals surface area contributed by atoms with Crippen LogP contribution in [0, 0.1) is 0 Å². The molecule has 0 bridgehead atoms. The molecule has 0 unspecified atom stereocenters. The van der Waals surface area contributed by atoms with E-state index in [1.807, 2.05) is 20.2 Å². The predicted molar refractivity (Wildman–Crippen MR) is 66.9 cm³/mol. The van der Waals surface area contributed by atoms with Crippen LogP contribution in [0.1, 0.15) is 0 Å². The molecule has 0 aliphatic heterocycles. The fourth-order valence-electron chi connectivity index (χ4n) is 1.13. The van der Waals surface area contributed by atoms with Crippen LogP contribution in [0.2, 0.25) is 4.34 Å². The highest BCUT2D eigenvalue weighted by Crippen LogP contribution is 2.29. The van der Waals surface area contributed by atoms with Gasteiger partial charge < -0.3 is 10.6 Å². The molecule has 0 fully saturated rings. The van der Waals surface area contributed by atoms with Gasteiger partial charge in [-0.15, -0.1) is 11.3 Å². The second-order valence-corrected chi connectivity index (χ2v) is 5.03. The molecular weight excluding hydrogens is 246 g/mol. The third kappa shape index (κ3) is 2.23. The summed E-state index contributed by atoms with van der Waals surface area (Å²) < 4.78 is 0.695. The number of nitrogen functional groups attached to an aromatic ring is 1.